The molecule has 19 heavy (non-hydrogen) atoms. The van der Waals surface area contributed by atoms with Gasteiger partial charge in [0.15, 0.2) is 0 Å². The Bertz CT molecular complexity index is 602. The second kappa shape index (κ2) is 4.97. The van der Waals surface area contributed by atoms with Crippen molar-refractivity contribution in [2.45, 2.75) is 6.36 Å². The third-order valence-corrected chi connectivity index (χ3v) is 2.49. The van der Waals surface area contributed by atoms with Crippen LogP contribution in [-0.4, -0.2) is 11.3 Å². The van der Waals surface area contributed by atoms with Gasteiger partial charge in [0.2, 0.25) is 0 Å². The number of aromatic nitrogens is 1. The molecule has 0 saturated heterocycles. The molecule has 1 aromatic heterocycles. The minimum atomic E-state index is -4.74. The molecule has 2 rings (SSSR count). The highest BCUT2D eigenvalue weighted by atomic mass is 35.5. The van der Waals surface area contributed by atoms with E-state index in [0.29, 0.717) is 16.9 Å². The summed E-state index contributed by atoms with van der Waals surface area (Å²) in [5.74, 6) is -0.334. The van der Waals surface area contributed by atoms with E-state index < -0.39 is 6.36 Å². The summed E-state index contributed by atoms with van der Waals surface area (Å²) in [5.41, 5.74) is 6.62. The molecule has 0 spiro atoms. The van der Waals surface area contributed by atoms with Gasteiger partial charge in [-0.15, -0.1) is 13.2 Å². The van der Waals surface area contributed by atoms with Crippen LogP contribution in [-0.2, 0) is 0 Å². The van der Waals surface area contributed by atoms with Crippen molar-refractivity contribution in [3.63, 3.8) is 0 Å². The highest BCUT2D eigenvalue weighted by Crippen LogP contribution is 2.31. The maximum atomic E-state index is 12.1. The van der Waals surface area contributed by atoms with Crippen LogP contribution < -0.4 is 10.5 Å². The van der Waals surface area contributed by atoms with E-state index in [4.69, 9.17) is 17.3 Å². The minimum Gasteiger partial charge on any atom is -0.406 e. The molecule has 0 saturated carbocycles. The number of pyridine rings is 1. The fourth-order valence-electron chi connectivity index (χ4n) is 1.51. The van der Waals surface area contributed by atoms with Crippen molar-refractivity contribution in [3.8, 4) is 17.0 Å². The Hall–Kier alpha value is -1.95. The number of benzene rings is 1. The van der Waals surface area contributed by atoms with Crippen molar-refractivity contribution in [2.75, 3.05) is 5.73 Å². The first-order chi connectivity index (χ1) is 8.85. The summed E-state index contributed by atoms with van der Waals surface area (Å²) in [6.45, 7) is 0. The van der Waals surface area contributed by atoms with Crippen LogP contribution in [0, 0.1) is 0 Å². The molecule has 1 aromatic carbocycles. The van der Waals surface area contributed by atoms with Gasteiger partial charge in [-0.25, -0.2) is 0 Å². The maximum absolute atomic E-state index is 12.1. The lowest BCUT2D eigenvalue weighted by atomic mass is 10.1. The zero-order valence-corrected chi connectivity index (χ0v) is 10.2. The van der Waals surface area contributed by atoms with Crippen LogP contribution in [0.3, 0.4) is 0 Å². The third-order valence-electron chi connectivity index (χ3n) is 2.20. The Kier molecular flexibility index (Phi) is 3.53. The van der Waals surface area contributed by atoms with Crippen LogP contribution in [0.15, 0.2) is 36.5 Å². The minimum absolute atomic E-state index is 0.254. The molecule has 2 N–H and O–H groups in total. The van der Waals surface area contributed by atoms with Crippen molar-refractivity contribution in [1.29, 1.82) is 0 Å². The molecule has 0 bridgehead atoms. The molecule has 100 valence electrons. The number of hydrogen-bond donors (Lipinski definition) is 1. The molecule has 0 aliphatic heterocycles. The molecule has 0 radical (unpaired) electrons. The largest absolute Gasteiger partial charge is 0.573 e. The van der Waals surface area contributed by atoms with E-state index in [1.165, 1.54) is 30.5 Å². The molecule has 1 heterocycles. The number of hydrogen-bond acceptors (Lipinski definition) is 3. The molecule has 0 atom stereocenters. The van der Waals surface area contributed by atoms with Gasteiger partial charge >= 0.3 is 6.36 Å². The average Bonchev–Trinajstić information content (AvgIpc) is 2.26. The smallest absolute Gasteiger partial charge is 0.406 e. The Labute approximate surface area is 111 Å². The van der Waals surface area contributed by atoms with Crippen LogP contribution in [0.5, 0.6) is 5.75 Å². The molecule has 3 nitrogen and oxygen atoms in total. The van der Waals surface area contributed by atoms with Crippen molar-refractivity contribution in [1.82, 2.24) is 4.98 Å². The summed E-state index contributed by atoms with van der Waals surface area (Å²) < 4.78 is 40.2. The number of halogens is 4. The Morgan fingerprint density at radius 1 is 1.21 bits per heavy atom. The van der Waals surface area contributed by atoms with Gasteiger partial charge in [-0.1, -0.05) is 23.7 Å². The van der Waals surface area contributed by atoms with Gasteiger partial charge in [0.1, 0.15) is 5.75 Å². The summed E-state index contributed by atoms with van der Waals surface area (Å²) in [5, 5.41) is 0.254. The van der Waals surface area contributed by atoms with Crippen LogP contribution in [0.1, 0.15) is 0 Å². The topological polar surface area (TPSA) is 48.1 Å². The first kappa shape index (κ1) is 13.5. The monoisotopic (exact) mass is 288 g/mol. The van der Waals surface area contributed by atoms with Crippen LogP contribution in [0.4, 0.5) is 18.9 Å². The van der Waals surface area contributed by atoms with Gasteiger partial charge in [0.05, 0.1) is 22.6 Å². The summed E-state index contributed by atoms with van der Waals surface area (Å²) in [6.07, 6.45) is -3.37. The molecule has 7 heteroatoms. The van der Waals surface area contributed by atoms with Gasteiger partial charge in [0.25, 0.3) is 0 Å². The van der Waals surface area contributed by atoms with E-state index in [9.17, 15) is 13.2 Å². The molecule has 2 aromatic rings. The number of nitrogen functional groups attached to an aromatic ring is 1. The summed E-state index contributed by atoms with van der Waals surface area (Å²) in [6, 6.07) is 6.87. The van der Waals surface area contributed by atoms with Gasteiger partial charge in [-0.3, -0.25) is 4.98 Å². The summed E-state index contributed by atoms with van der Waals surface area (Å²) in [7, 11) is 0. The Balaban J connectivity index is 2.38. The SMILES string of the molecule is Nc1cnc(-c2cccc(OC(F)(F)F)c2)c(Cl)c1. The molecule has 0 unspecified atom stereocenters. The summed E-state index contributed by atoms with van der Waals surface area (Å²) >= 11 is 5.94. The molecule has 0 aliphatic carbocycles. The normalized spacial score (nSPS) is 11.4. The number of ether oxygens (including phenoxy) is 1. The number of anilines is 1. The Morgan fingerprint density at radius 3 is 2.58 bits per heavy atom. The van der Waals surface area contributed by atoms with Crippen molar-refractivity contribution in [2.24, 2.45) is 0 Å². The number of rotatable bonds is 2. The molecule has 0 fully saturated rings. The van der Waals surface area contributed by atoms with Crippen molar-refractivity contribution < 1.29 is 17.9 Å². The lowest BCUT2D eigenvalue weighted by Gasteiger charge is -2.10. The van der Waals surface area contributed by atoms with Crippen molar-refractivity contribution in [3.05, 3.63) is 41.6 Å². The van der Waals surface area contributed by atoms with Gasteiger partial charge in [0, 0.05) is 5.56 Å². The fraction of sp³-hybridized carbons (Fsp3) is 0.0833. The maximum Gasteiger partial charge on any atom is 0.573 e. The molecular weight excluding hydrogens is 281 g/mol. The standard InChI is InChI=1S/C12H8ClF3N2O/c13-10-5-8(17)6-18-11(10)7-2-1-3-9(4-7)19-12(14,15)16/h1-6H,17H2. The van der Waals surface area contributed by atoms with E-state index in [2.05, 4.69) is 9.72 Å². The highest BCUT2D eigenvalue weighted by molar-refractivity contribution is 6.33. The zero-order valence-electron chi connectivity index (χ0n) is 9.41. The van der Waals surface area contributed by atoms with Crippen LogP contribution >= 0.6 is 11.6 Å². The number of nitrogens with zero attached hydrogens (tertiary/aromatic N) is 1. The van der Waals surface area contributed by atoms with E-state index in [1.54, 1.807) is 6.07 Å². The van der Waals surface area contributed by atoms with Gasteiger partial charge in [-0.2, -0.15) is 0 Å². The fourth-order valence-corrected chi connectivity index (χ4v) is 1.79. The lowest BCUT2D eigenvalue weighted by Crippen LogP contribution is -2.17. The predicted molar refractivity (Wildman–Crippen MR) is 65.8 cm³/mol. The average molecular weight is 289 g/mol. The Morgan fingerprint density at radius 2 is 1.95 bits per heavy atom. The van der Waals surface area contributed by atoms with Crippen LogP contribution in [0.25, 0.3) is 11.3 Å². The van der Waals surface area contributed by atoms with Crippen LogP contribution in [0.2, 0.25) is 5.02 Å². The third kappa shape index (κ3) is 3.51. The van der Waals surface area contributed by atoms with E-state index >= 15 is 0 Å². The summed E-state index contributed by atoms with van der Waals surface area (Å²) in [4.78, 5) is 3.99. The first-order valence-corrected chi connectivity index (χ1v) is 5.50. The molecular formula is C12H8ClF3N2O. The molecule has 0 aliphatic rings. The van der Waals surface area contributed by atoms with Crippen molar-refractivity contribution >= 4 is 17.3 Å². The lowest BCUT2D eigenvalue weighted by molar-refractivity contribution is -0.274. The van der Waals surface area contributed by atoms with Gasteiger partial charge < -0.3 is 10.5 Å². The highest BCUT2D eigenvalue weighted by Gasteiger charge is 2.31. The second-order valence-electron chi connectivity index (χ2n) is 3.67. The van der Waals surface area contributed by atoms with E-state index in [1.807, 2.05) is 0 Å². The van der Waals surface area contributed by atoms with E-state index in [-0.39, 0.29) is 10.8 Å². The predicted octanol–water partition coefficient (Wildman–Crippen LogP) is 3.88. The number of nitrogens with two attached hydrogens (primary N) is 1. The van der Waals surface area contributed by atoms with E-state index in [0.717, 1.165) is 0 Å². The first-order valence-electron chi connectivity index (χ1n) is 5.12. The second-order valence-corrected chi connectivity index (χ2v) is 4.08. The van der Waals surface area contributed by atoms with Gasteiger partial charge in [-0.05, 0) is 18.2 Å². The zero-order chi connectivity index (χ0) is 14.0. The quantitative estimate of drug-likeness (QED) is 0.912. The molecule has 0 amide bonds. The number of alkyl halides is 3.